The molecule has 0 spiro atoms. The Balaban J connectivity index is 2.45. The van der Waals surface area contributed by atoms with Crippen LogP contribution in [0.15, 0.2) is 0 Å². The molecule has 1 atom stereocenters. The van der Waals surface area contributed by atoms with Crippen molar-refractivity contribution >= 4 is 11.8 Å². The third-order valence-corrected chi connectivity index (χ3v) is 2.78. The van der Waals surface area contributed by atoms with E-state index < -0.39 is 11.9 Å². The Labute approximate surface area is 77.9 Å². The Morgan fingerprint density at radius 1 is 1.46 bits per heavy atom. The average Bonchev–Trinajstić information content (AvgIpc) is 1.99. The predicted molar refractivity (Wildman–Crippen MR) is 48.8 cm³/mol. The SMILES string of the molecule is CC(NC(=O)C1(C)CCC1)C(N)=O. The summed E-state index contributed by atoms with van der Waals surface area (Å²) in [6.45, 7) is 3.52. The van der Waals surface area contributed by atoms with Gasteiger partial charge in [-0.25, -0.2) is 0 Å². The molecule has 4 nitrogen and oxygen atoms in total. The van der Waals surface area contributed by atoms with Gasteiger partial charge in [0.05, 0.1) is 0 Å². The van der Waals surface area contributed by atoms with E-state index >= 15 is 0 Å². The van der Waals surface area contributed by atoms with Crippen LogP contribution in [0.5, 0.6) is 0 Å². The molecular formula is C9H16N2O2. The summed E-state index contributed by atoms with van der Waals surface area (Å²) < 4.78 is 0. The zero-order valence-electron chi connectivity index (χ0n) is 8.09. The summed E-state index contributed by atoms with van der Waals surface area (Å²) >= 11 is 0. The van der Waals surface area contributed by atoms with Crippen molar-refractivity contribution in [3.63, 3.8) is 0 Å². The van der Waals surface area contributed by atoms with Crippen molar-refractivity contribution in [2.45, 2.75) is 39.2 Å². The van der Waals surface area contributed by atoms with Crippen LogP contribution in [0.4, 0.5) is 0 Å². The lowest BCUT2D eigenvalue weighted by Gasteiger charge is -2.37. The lowest BCUT2D eigenvalue weighted by Crippen LogP contribution is -2.50. The van der Waals surface area contributed by atoms with Crippen LogP contribution in [0, 0.1) is 5.41 Å². The number of nitrogens with one attached hydrogen (secondary N) is 1. The van der Waals surface area contributed by atoms with Gasteiger partial charge in [0.2, 0.25) is 11.8 Å². The zero-order chi connectivity index (χ0) is 10.1. The first-order chi connectivity index (χ1) is 5.96. The molecule has 13 heavy (non-hydrogen) atoms. The number of carbonyl (C=O) groups excluding carboxylic acids is 2. The number of hydrogen-bond donors (Lipinski definition) is 2. The maximum atomic E-state index is 11.5. The summed E-state index contributed by atoms with van der Waals surface area (Å²) in [7, 11) is 0. The summed E-state index contributed by atoms with van der Waals surface area (Å²) in [4.78, 5) is 22.2. The van der Waals surface area contributed by atoms with E-state index in [1.807, 2.05) is 6.92 Å². The first kappa shape index (κ1) is 10.0. The van der Waals surface area contributed by atoms with E-state index in [2.05, 4.69) is 5.32 Å². The molecule has 0 aromatic rings. The Hall–Kier alpha value is -1.06. The molecule has 74 valence electrons. The van der Waals surface area contributed by atoms with Gasteiger partial charge in [-0.05, 0) is 19.8 Å². The van der Waals surface area contributed by atoms with Crippen molar-refractivity contribution in [3.05, 3.63) is 0 Å². The summed E-state index contributed by atoms with van der Waals surface area (Å²) in [6.07, 6.45) is 2.91. The van der Waals surface area contributed by atoms with E-state index in [4.69, 9.17) is 5.73 Å². The van der Waals surface area contributed by atoms with Crippen LogP contribution in [0.3, 0.4) is 0 Å². The third-order valence-electron chi connectivity index (χ3n) is 2.78. The quantitative estimate of drug-likeness (QED) is 0.656. The summed E-state index contributed by atoms with van der Waals surface area (Å²) in [5, 5.41) is 2.61. The molecule has 4 heteroatoms. The van der Waals surface area contributed by atoms with E-state index in [-0.39, 0.29) is 11.3 Å². The number of carbonyl (C=O) groups is 2. The predicted octanol–water partition coefficient (Wildman–Crippen LogP) is 0.167. The molecule has 1 rings (SSSR count). The summed E-state index contributed by atoms with van der Waals surface area (Å²) in [6, 6.07) is -0.565. The largest absolute Gasteiger partial charge is 0.368 e. The fourth-order valence-electron chi connectivity index (χ4n) is 1.38. The Kier molecular flexibility index (Phi) is 2.59. The highest BCUT2D eigenvalue weighted by molar-refractivity contribution is 5.89. The molecule has 0 bridgehead atoms. The van der Waals surface area contributed by atoms with Crippen LogP contribution in [-0.4, -0.2) is 17.9 Å². The van der Waals surface area contributed by atoms with Crippen molar-refractivity contribution in [2.75, 3.05) is 0 Å². The zero-order valence-corrected chi connectivity index (χ0v) is 8.09. The number of amides is 2. The van der Waals surface area contributed by atoms with Crippen molar-refractivity contribution in [2.24, 2.45) is 11.1 Å². The second-order valence-electron chi connectivity index (χ2n) is 4.01. The molecule has 0 aromatic heterocycles. The van der Waals surface area contributed by atoms with E-state index in [1.165, 1.54) is 0 Å². The van der Waals surface area contributed by atoms with Crippen molar-refractivity contribution in [1.82, 2.24) is 5.32 Å². The molecule has 1 aliphatic carbocycles. The second-order valence-corrected chi connectivity index (χ2v) is 4.01. The fraction of sp³-hybridized carbons (Fsp3) is 0.778. The second kappa shape index (κ2) is 3.36. The Morgan fingerprint density at radius 2 is 2.00 bits per heavy atom. The molecule has 1 fully saturated rings. The van der Waals surface area contributed by atoms with Crippen LogP contribution in [-0.2, 0) is 9.59 Å². The number of nitrogens with two attached hydrogens (primary N) is 1. The highest BCUT2D eigenvalue weighted by Crippen LogP contribution is 2.40. The average molecular weight is 184 g/mol. The van der Waals surface area contributed by atoms with Gasteiger partial charge in [-0.2, -0.15) is 0 Å². The lowest BCUT2D eigenvalue weighted by atomic mass is 9.70. The van der Waals surface area contributed by atoms with E-state index in [9.17, 15) is 9.59 Å². The standard InChI is InChI=1S/C9H16N2O2/c1-6(7(10)12)11-8(13)9(2)4-3-5-9/h6H,3-5H2,1-2H3,(H2,10,12)(H,11,13). The molecular weight excluding hydrogens is 168 g/mol. The molecule has 1 unspecified atom stereocenters. The maximum Gasteiger partial charge on any atom is 0.239 e. The van der Waals surface area contributed by atoms with Gasteiger partial charge in [0.1, 0.15) is 6.04 Å². The number of hydrogen-bond acceptors (Lipinski definition) is 2. The molecule has 0 saturated heterocycles. The van der Waals surface area contributed by atoms with E-state index in [0.717, 1.165) is 19.3 Å². The van der Waals surface area contributed by atoms with Gasteiger partial charge >= 0.3 is 0 Å². The highest BCUT2D eigenvalue weighted by atomic mass is 16.2. The van der Waals surface area contributed by atoms with E-state index in [0.29, 0.717) is 0 Å². The van der Waals surface area contributed by atoms with E-state index in [1.54, 1.807) is 6.92 Å². The van der Waals surface area contributed by atoms with Crippen molar-refractivity contribution in [1.29, 1.82) is 0 Å². The molecule has 0 aromatic carbocycles. The minimum Gasteiger partial charge on any atom is -0.368 e. The van der Waals surface area contributed by atoms with Crippen LogP contribution in [0.1, 0.15) is 33.1 Å². The smallest absolute Gasteiger partial charge is 0.239 e. The first-order valence-corrected chi connectivity index (χ1v) is 4.56. The molecule has 1 aliphatic rings. The highest BCUT2D eigenvalue weighted by Gasteiger charge is 2.39. The van der Waals surface area contributed by atoms with Crippen LogP contribution in [0.2, 0.25) is 0 Å². The van der Waals surface area contributed by atoms with Gasteiger partial charge in [0, 0.05) is 5.41 Å². The number of rotatable bonds is 3. The van der Waals surface area contributed by atoms with Gasteiger partial charge in [0.15, 0.2) is 0 Å². The van der Waals surface area contributed by atoms with Gasteiger partial charge in [-0.15, -0.1) is 0 Å². The molecule has 0 heterocycles. The van der Waals surface area contributed by atoms with Crippen molar-refractivity contribution < 1.29 is 9.59 Å². The van der Waals surface area contributed by atoms with Gasteiger partial charge in [0.25, 0.3) is 0 Å². The maximum absolute atomic E-state index is 11.5. The van der Waals surface area contributed by atoms with Gasteiger partial charge in [-0.1, -0.05) is 13.3 Å². The Bertz CT molecular complexity index is 234. The monoisotopic (exact) mass is 184 g/mol. The Morgan fingerprint density at radius 3 is 2.31 bits per heavy atom. The fourth-order valence-corrected chi connectivity index (χ4v) is 1.38. The molecule has 2 amide bonds. The summed E-state index contributed by atoms with van der Waals surface area (Å²) in [5.74, 6) is -0.540. The molecule has 0 radical (unpaired) electrons. The minimum atomic E-state index is -0.565. The normalized spacial score (nSPS) is 21.4. The molecule has 3 N–H and O–H groups in total. The minimum absolute atomic E-state index is 0.0509. The van der Waals surface area contributed by atoms with Gasteiger partial charge < -0.3 is 11.1 Å². The van der Waals surface area contributed by atoms with Crippen LogP contribution >= 0.6 is 0 Å². The number of primary amides is 1. The third kappa shape index (κ3) is 1.99. The van der Waals surface area contributed by atoms with Gasteiger partial charge in [-0.3, -0.25) is 9.59 Å². The lowest BCUT2D eigenvalue weighted by molar-refractivity contribution is -0.137. The van der Waals surface area contributed by atoms with Crippen molar-refractivity contribution in [3.8, 4) is 0 Å². The topological polar surface area (TPSA) is 72.2 Å². The van der Waals surface area contributed by atoms with Crippen LogP contribution in [0.25, 0.3) is 0 Å². The molecule has 1 saturated carbocycles. The first-order valence-electron chi connectivity index (χ1n) is 4.56. The summed E-state index contributed by atoms with van der Waals surface area (Å²) in [5.41, 5.74) is 4.77. The van der Waals surface area contributed by atoms with Crippen LogP contribution < -0.4 is 11.1 Å². The molecule has 0 aliphatic heterocycles.